The lowest BCUT2D eigenvalue weighted by molar-refractivity contribution is -0.144. The number of hydrogen-bond donors (Lipinski definition) is 1. The van der Waals surface area contributed by atoms with Crippen molar-refractivity contribution in [2.45, 2.75) is 19.4 Å². The van der Waals surface area contributed by atoms with E-state index in [2.05, 4.69) is 10.2 Å². The van der Waals surface area contributed by atoms with Gasteiger partial charge in [0.2, 0.25) is 0 Å². The molecule has 0 aromatic heterocycles. The third-order valence-corrected chi connectivity index (χ3v) is 2.34. The molecule has 1 atom stereocenters. The van der Waals surface area contributed by atoms with Gasteiger partial charge in [-0.1, -0.05) is 0 Å². The van der Waals surface area contributed by atoms with Gasteiger partial charge in [0.05, 0.1) is 13.2 Å². The van der Waals surface area contributed by atoms with Gasteiger partial charge in [-0.15, -0.1) is 0 Å². The number of ether oxygens (including phenoxy) is 1. The van der Waals surface area contributed by atoms with E-state index in [1.165, 1.54) is 0 Å². The van der Waals surface area contributed by atoms with Crippen molar-refractivity contribution >= 4 is 5.97 Å². The van der Waals surface area contributed by atoms with Crippen molar-refractivity contribution in [3.63, 3.8) is 0 Å². The van der Waals surface area contributed by atoms with Crippen LogP contribution >= 0.6 is 0 Å². The molecule has 0 aromatic rings. The number of hydrogen-bond acceptors (Lipinski definition) is 4. The Balaban J connectivity index is 2.22. The lowest BCUT2D eigenvalue weighted by atomic mass is 10.2. The average Bonchev–Trinajstić information content (AvgIpc) is 2.55. The zero-order valence-corrected chi connectivity index (χ0v) is 8.38. The first-order valence-electron chi connectivity index (χ1n) is 4.80. The molecule has 0 saturated carbocycles. The van der Waals surface area contributed by atoms with E-state index in [-0.39, 0.29) is 5.97 Å². The summed E-state index contributed by atoms with van der Waals surface area (Å²) in [5.74, 6) is -0.128. The number of nitrogens with zero attached hydrogens (tertiary/aromatic N) is 1. The van der Waals surface area contributed by atoms with Gasteiger partial charge in [0.15, 0.2) is 0 Å². The second kappa shape index (κ2) is 5.19. The summed E-state index contributed by atoms with van der Waals surface area (Å²) >= 11 is 0. The predicted molar refractivity (Wildman–Crippen MR) is 50.5 cm³/mol. The molecule has 76 valence electrons. The Bertz CT molecular complexity index is 167. The van der Waals surface area contributed by atoms with Crippen LogP contribution in [-0.4, -0.2) is 50.2 Å². The van der Waals surface area contributed by atoms with Crippen LogP contribution in [0.15, 0.2) is 0 Å². The van der Waals surface area contributed by atoms with Crippen molar-refractivity contribution in [1.82, 2.24) is 10.2 Å². The largest absolute Gasteiger partial charge is 0.465 e. The highest BCUT2D eigenvalue weighted by Gasteiger charge is 2.20. The summed E-state index contributed by atoms with van der Waals surface area (Å²) in [7, 11) is 1.97. The Kier molecular flexibility index (Phi) is 4.18. The van der Waals surface area contributed by atoms with Crippen molar-refractivity contribution in [3.8, 4) is 0 Å². The fraction of sp³-hybridized carbons (Fsp3) is 0.889. The molecule has 4 nitrogen and oxygen atoms in total. The molecule has 0 bridgehead atoms. The van der Waals surface area contributed by atoms with Gasteiger partial charge >= 0.3 is 5.97 Å². The molecular weight excluding hydrogens is 168 g/mol. The normalized spacial score (nSPS) is 22.2. The topological polar surface area (TPSA) is 41.6 Å². The van der Waals surface area contributed by atoms with Crippen LogP contribution in [0.25, 0.3) is 0 Å². The van der Waals surface area contributed by atoms with Crippen LogP contribution in [0.2, 0.25) is 0 Å². The molecule has 1 rings (SSSR count). The molecule has 0 aliphatic carbocycles. The summed E-state index contributed by atoms with van der Waals surface area (Å²) in [4.78, 5) is 13.2. The molecule has 1 unspecified atom stereocenters. The van der Waals surface area contributed by atoms with E-state index in [1.807, 2.05) is 14.0 Å². The fourth-order valence-electron chi connectivity index (χ4n) is 1.55. The van der Waals surface area contributed by atoms with Gasteiger partial charge < -0.3 is 10.1 Å². The molecule has 13 heavy (non-hydrogen) atoms. The highest BCUT2D eigenvalue weighted by Crippen LogP contribution is 2.05. The highest BCUT2D eigenvalue weighted by atomic mass is 16.5. The molecule has 4 heteroatoms. The van der Waals surface area contributed by atoms with Crippen LogP contribution < -0.4 is 5.32 Å². The quantitative estimate of drug-likeness (QED) is 0.620. The van der Waals surface area contributed by atoms with Crippen molar-refractivity contribution in [1.29, 1.82) is 0 Å². The molecule has 1 N–H and O–H groups in total. The standard InChI is InChI=1S/C9H18N2O2/c1-3-13-9(12)7-11(2)8-4-5-10-6-8/h8,10H,3-7H2,1-2H3. The molecule has 0 radical (unpaired) electrons. The molecular formula is C9H18N2O2. The van der Waals surface area contributed by atoms with E-state index < -0.39 is 0 Å². The summed E-state index contributed by atoms with van der Waals surface area (Å²) in [6.45, 7) is 4.73. The SMILES string of the molecule is CCOC(=O)CN(C)C1CCNC1. The van der Waals surface area contributed by atoms with Crippen molar-refractivity contribution in [2.75, 3.05) is 33.3 Å². The maximum Gasteiger partial charge on any atom is 0.320 e. The van der Waals surface area contributed by atoms with Crippen molar-refractivity contribution < 1.29 is 9.53 Å². The number of nitrogens with one attached hydrogen (secondary N) is 1. The summed E-state index contributed by atoms with van der Waals surface area (Å²) in [5, 5.41) is 3.26. The molecule has 1 aliphatic heterocycles. The molecule has 1 heterocycles. The van der Waals surface area contributed by atoms with Crippen LogP contribution in [0.4, 0.5) is 0 Å². The summed E-state index contributed by atoms with van der Waals surface area (Å²) in [6.07, 6.45) is 1.12. The van der Waals surface area contributed by atoms with E-state index in [4.69, 9.17) is 4.74 Å². The lowest BCUT2D eigenvalue weighted by Crippen LogP contribution is -2.37. The Morgan fingerprint density at radius 2 is 2.46 bits per heavy atom. The first-order valence-corrected chi connectivity index (χ1v) is 4.80. The minimum atomic E-state index is -0.128. The van der Waals surface area contributed by atoms with E-state index in [0.717, 1.165) is 19.5 Å². The Hall–Kier alpha value is -0.610. The second-order valence-corrected chi connectivity index (χ2v) is 3.37. The van der Waals surface area contributed by atoms with Crippen LogP contribution in [0.3, 0.4) is 0 Å². The van der Waals surface area contributed by atoms with Gasteiger partial charge in [0.1, 0.15) is 0 Å². The third-order valence-electron chi connectivity index (χ3n) is 2.34. The first-order chi connectivity index (χ1) is 6.24. The number of likely N-dealkylation sites (N-methyl/N-ethyl adjacent to an activating group) is 1. The molecule has 0 aromatic carbocycles. The van der Waals surface area contributed by atoms with Crippen molar-refractivity contribution in [3.05, 3.63) is 0 Å². The zero-order valence-electron chi connectivity index (χ0n) is 8.38. The molecule has 0 spiro atoms. The van der Waals surface area contributed by atoms with Gasteiger partial charge in [-0.2, -0.15) is 0 Å². The minimum absolute atomic E-state index is 0.128. The maximum atomic E-state index is 11.1. The molecule has 1 aliphatic rings. The molecule has 1 fully saturated rings. The van der Waals surface area contributed by atoms with Gasteiger partial charge in [-0.25, -0.2) is 0 Å². The van der Waals surface area contributed by atoms with Gasteiger partial charge in [0.25, 0.3) is 0 Å². The lowest BCUT2D eigenvalue weighted by Gasteiger charge is -2.21. The number of carbonyl (C=O) groups excluding carboxylic acids is 1. The van der Waals surface area contributed by atoms with E-state index in [1.54, 1.807) is 0 Å². The van der Waals surface area contributed by atoms with E-state index >= 15 is 0 Å². The Labute approximate surface area is 79.2 Å². The summed E-state index contributed by atoms with van der Waals surface area (Å²) in [6, 6.07) is 0.490. The van der Waals surface area contributed by atoms with E-state index in [0.29, 0.717) is 19.2 Å². The number of carbonyl (C=O) groups is 1. The summed E-state index contributed by atoms with van der Waals surface area (Å²) in [5.41, 5.74) is 0. The highest BCUT2D eigenvalue weighted by molar-refractivity contribution is 5.71. The monoisotopic (exact) mass is 186 g/mol. The van der Waals surface area contributed by atoms with Crippen molar-refractivity contribution in [2.24, 2.45) is 0 Å². The van der Waals surface area contributed by atoms with Crippen LogP contribution in [-0.2, 0) is 9.53 Å². The third kappa shape index (κ3) is 3.32. The Morgan fingerprint density at radius 3 is 3.00 bits per heavy atom. The van der Waals surface area contributed by atoms with Gasteiger partial charge in [-0.05, 0) is 26.9 Å². The molecule has 0 amide bonds. The second-order valence-electron chi connectivity index (χ2n) is 3.37. The predicted octanol–water partition coefficient (Wildman–Crippen LogP) is -0.157. The average molecular weight is 186 g/mol. The van der Waals surface area contributed by atoms with E-state index in [9.17, 15) is 4.79 Å². The number of esters is 1. The van der Waals surface area contributed by atoms with Gasteiger partial charge in [0, 0.05) is 12.6 Å². The molecule has 1 saturated heterocycles. The minimum Gasteiger partial charge on any atom is -0.465 e. The zero-order chi connectivity index (χ0) is 9.68. The fourth-order valence-corrected chi connectivity index (χ4v) is 1.55. The van der Waals surface area contributed by atoms with Gasteiger partial charge in [-0.3, -0.25) is 9.69 Å². The first kappa shape index (κ1) is 10.5. The van der Waals surface area contributed by atoms with Crippen LogP contribution in [0, 0.1) is 0 Å². The van der Waals surface area contributed by atoms with Crippen LogP contribution in [0.5, 0.6) is 0 Å². The number of rotatable bonds is 4. The maximum absolute atomic E-state index is 11.1. The summed E-state index contributed by atoms with van der Waals surface area (Å²) < 4.78 is 4.87. The van der Waals surface area contributed by atoms with Crippen LogP contribution in [0.1, 0.15) is 13.3 Å². The Morgan fingerprint density at radius 1 is 1.69 bits per heavy atom. The smallest absolute Gasteiger partial charge is 0.320 e.